The van der Waals surface area contributed by atoms with Crippen molar-refractivity contribution in [1.29, 1.82) is 0 Å². The van der Waals surface area contributed by atoms with Gasteiger partial charge in [-0.2, -0.15) is 5.10 Å². The van der Waals surface area contributed by atoms with E-state index in [1.165, 1.54) is 12.1 Å². The zero-order chi connectivity index (χ0) is 18.4. The van der Waals surface area contributed by atoms with Gasteiger partial charge in [-0.15, -0.1) is 0 Å². The molecule has 11 heteroatoms. The Morgan fingerprint density at radius 2 is 1.92 bits per heavy atom. The van der Waals surface area contributed by atoms with Crippen molar-refractivity contribution >= 4 is 22.9 Å². The van der Waals surface area contributed by atoms with E-state index in [0.29, 0.717) is 12.4 Å². The Balaban J connectivity index is 2.05. The SMILES string of the molecule is C/C(=N\Nc1ccc([N+](=O)[O-])cc1[N+](=O)[O-])N1CCN(CCO)CC1. The highest BCUT2D eigenvalue weighted by Gasteiger charge is 2.20. The summed E-state index contributed by atoms with van der Waals surface area (Å²) in [6.07, 6.45) is 0. The molecule has 1 heterocycles. The molecule has 1 aliphatic heterocycles. The van der Waals surface area contributed by atoms with E-state index in [2.05, 4.69) is 15.4 Å². The van der Waals surface area contributed by atoms with Crippen LogP contribution in [0.2, 0.25) is 0 Å². The zero-order valence-electron chi connectivity index (χ0n) is 13.8. The highest BCUT2D eigenvalue weighted by molar-refractivity contribution is 5.81. The van der Waals surface area contributed by atoms with E-state index in [1.807, 2.05) is 4.90 Å². The Kier molecular flexibility index (Phi) is 6.19. The van der Waals surface area contributed by atoms with E-state index in [9.17, 15) is 20.2 Å². The number of benzene rings is 1. The van der Waals surface area contributed by atoms with Crippen LogP contribution in [0.15, 0.2) is 23.3 Å². The predicted octanol–water partition coefficient (Wildman–Crippen LogP) is 0.858. The summed E-state index contributed by atoms with van der Waals surface area (Å²) < 4.78 is 0. The average molecular weight is 352 g/mol. The topological polar surface area (TPSA) is 137 Å². The number of non-ortho nitro benzene ring substituents is 1. The first-order valence-corrected chi connectivity index (χ1v) is 7.73. The van der Waals surface area contributed by atoms with Crippen LogP contribution in [-0.4, -0.2) is 69.9 Å². The van der Waals surface area contributed by atoms with Gasteiger partial charge in [0, 0.05) is 38.8 Å². The molecule has 0 saturated carbocycles. The number of aliphatic hydroxyl groups is 1. The molecule has 11 nitrogen and oxygen atoms in total. The Hall–Kier alpha value is -2.79. The predicted molar refractivity (Wildman–Crippen MR) is 91.6 cm³/mol. The largest absolute Gasteiger partial charge is 0.395 e. The molecule has 0 aromatic heterocycles. The number of hydrogen-bond donors (Lipinski definition) is 2. The summed E-state index contributed by atoms with van der Waals surface area (Å²) in [4.78, 5) is 24.6. The lowest BCUT2D eigenvalue weighted by Crippen LogP contribution is -2.48. The standard InChI is InChI=1S/C14H20N6O5/c1-11(18-6-4-17(5-7-18)8-9-21)15-16-13-3-2-12(19(22)23)10-14(13)20(24)25/h2-3,10,16,21H,4-9H2,1H3/b15-11+. The lowest BCUT2D eigenvalue weighted by Gasteiger charge is -2.35. The summed E-state index contributed by atoms with van der Waals surface area (Å²) in [6.45, 7) is 5.61. The van der Waals surface area contributed by atoms with Gasteiger partial charge in [0.15, 0.2) is 0 Å². The molecule has 2 rings (SSSR count). The maximum atomic E-state index is 11.1. The molecule has 1 aliphatic rings. The second-order valence-electron chi connectivity index (χ2n) is 5.54. The minimum Gasteiger partial charge on any atom is -0.395 e. The van der Waals surface area contributed by atoms with Crippen molar-refractivity contribution < 1.29 is 15.0 Å². The van der Waals surface area contributed by atoms with Crippen molar-refractivity contribution in [2.45, 2.75) is 6.92 Å². The molecule has 0 atom stereocenters. The van der Waals surface area contributed by atoms with Gasteiger partial charge in [-0.25, -0.2) is 0 Å². The van der Waals surface area contributed by atoms with Gasteiger partial charge in [0.1, 0.15) is 11.5 Å². The number of hydrogen-bond acceptors (Lipinski definition) is 8. The molecule has 1 aromatic rings. The summed E-state index contributed by atoms with van der Waals surface area (Å²) in [5.41, 5.74) is 1.96. The van der Waals surface area contributed by atoms with Gasteiger partial charge < -0.3 is 10.0 Å². The third kappa shape index (κ3) is 4.84. The van der Waals surface area contributed by atoms with Crippen molar-refractivity contribution in [3.05, 3.63) is 38.4 Å². The number of nitro groups is 2. The van der Waals surface area contributed by atoms with Gasteiger partial charge in [0.05, 0.1) is 22.5 Å². The number of amidine groups is 1. The van der Waals surface area contributed by atoms with Crippen LogP contribution >= 0.6 is 0 Å². The van der Waals surface area contributed by atoms with Gasteiger partial charge in [0.2, 0.25) is 0 Å². The molecule has 136 valence electrons. The van der Waals surface area contributed by atoms with E-state index < -0.39 is 15.5 Å². The van der Waals surface area contributed by atoms with Crippen LogP contribution in [0, 0.1) is 20.2 Å². The van der Waals surface area contributed by atoms with Crippen LogP contribution < -0.4 is 5.43 Å². The summed E-state index contributed by atoms with van der Waals surface area (Å²) in [5.74, 6) is 0.663. The van der Waals surface area contributed by atoms with Crippen molar-refractivity contribution in [3.63, 3.8) is 0 Å². The van der Waals surface area contributed by atoms with Gasteiger partial charge in [-0.3, -0.25) is 30.6 Å². The fourth-order valence-corrected chi connectivity index (χ4v) is 2.53. The van der Waals surface area contributed by atoms with Gasteiger partial charge in [0.25, 0.3) is 5.69 Å². The molecule has 0 bridgehead atoms. The zero-order valence-corrected chi connectivity index (χ0v) is 13.8. The molecule has 25 heavy (non-hydrogen) atoms. The Bertz CT molecular complexity index is 672. The van der Waals surface area contributed by atoms with Crippen LogP contribution in [0.25, 0.3) is 0 Å². The Morgan fingerprint density at radius 1 is 1.24 bits per heavy atom. The van der Waals surface area contributed by atoms with Crippen LogP contribution in [0.1, 0.15) is 6.92 Å². The maximum absolute atomic E-state index is 11.1. The van der Waals surface area contributed by atoms with Crippen molar-refractivity contribution in [3.8, 4) is 0 Å². The third-order valence-corrected chi connectivity index (χ3v) is 3.97. The second-order valence-corrected chi connectivity index (χ2v) is 5.54. The Morgan fingerprint density at radius 3 is 2.48 bits per heavy atom. The molecule has 0 amide bonds. The number of anilines is 1. The number of rotatable bonds is 6. The number of nitro benzene ring substituents is 2. The maximum Gasteiger partial charge on any atom is 0.301 e. The van der Waals surface area contributed by atoms with E-state index in [-0.39, 0.29) is 18.0 Å². The monoisotopic (exact) mass is 352 g/mol. The number of nitrogens with zero attached hydrogens (tertiary/aromatic N) is 5. The number of nitrogens with one attached hydrogen (secondary N) is 1. The smallest absolute Gasteiger partial charge is 0.301 e. The van der Waals surface area contributed by atoms with Crippen LogP contribution in [-0.2, 0) is 0 Å². The minimum atomic E-state index is -0.687. The van der Waals surface area contributed by atoms with Crippen LogP contribution in [0.5, 0.6) is 0 Å². The van der Waals surface area contributed by atoms with E-state index in [4.69, 9.17) is 5.11 Å². The lowest BCUT2D eigenvalue weighted by molar-refractivity contribution is -0.393. The number of aliphatic hydroxyl groups excluding tert-OH is 1. The summed E-state index contributed by atoms with van der Waals surface area (Å²) >= 11 is 0. The normalized spacial score (nSPS) is 15.9. The number of hydrazone groups is 1. The molecular formula is C14H20N6O5. The molecule has 0 aliphatic carbocycles. The highest BCUT2D eigenvalue weighted by Crippen LogP contribution is 2.28. The first-order valence-electron chi connectivity index (χ1n) is 7.73. The molecule has 1 saturated heterocycles. The summed E-state index contributed by atoms with van der Waals surface area (Å²) in [7, 11) is 0. The van der Waals surface area contributed by atoms with Crippen molar-refractivity contribution in [1.82, 2.24) is 9.80 Å². The molecule has 1 fully saturated rings. The van der Waals surface area contributed by atoms with Gasteiger partial charge >= 0.3 is 5.69 Å². The first-order chi connectivity index (χ1) is 11.9. The van der Waals surface area contributed by atoms with Crippen molar-refractivity contribution in [2.75, 3.05) is 44.8 Å². The van der Waals surface area contributed by atoms with Gasteiger partial charge in [-0.1, -0.05) is 0 Å². The fourth-order valence-electron chi connectivity index (χ4n) is 2.53. The van der Waals surface area contributed by atoms with Crippen LogP contribution in [0.3, 0.4) is 0 Å². The molecule has 0 unspecified atom stereocenters. The molecule has 0 radical (unpaired) electrons. The quantitative estimate of drug-likeness (QED) is 0.333. The van der Waals surface area contributed by atoms with Crippen molar-refractivity contribution in [2.24, 2.45) is 5.10 Å². The van der Waals surface area contributed by atoms with E-state index in [0.717, 1.165) is 32.2 Å². The molecule has 2 N–H and O–H groups in total. The third-order valence-electron chi connectivity index (χ3n) is 3.97. The average Bonchev–Trinajstić information content (AvgIpc) is 2.60. The first kappa shape index (κ1) is 18.5. The summed E-state index contributed by atoms with van der Waals surface area (Å²) in [6, 6.07) is 3.36. The summed E-state index contributed by atoms with van der Waals surface area (Å²) in [5, 5.41) is 34.9. The minimum absolute atomic E-state index is 0.0915. The van der Waals surface area contributed by atoms with E-state index >= 15 is 0 Å². The molecule has 0 spiro atoms. The Labute approximate surface area is 143 Å². The number of piperazine rings is 1. The lowest BCUT2D eigenvalue weighted by atomic mass is 10.2. The van der Waals surface area contributed by atoms with Crippen LogP contribution in [0.4, 0.5) is 17.1 Å². The van der Waals surface area contributed by atoms with E-state index in [1.54, 1.807) is 6.92 Å². The number of β-amino-alcohol motifs (C(OH)–C–C–N with tert-alkyl or cyclic N) is 1. The molecule has 1 aromatic carbocycles. The van der Waals surface area contributed by atoms with Gasteiger partial charge in [-0.05, 0) is 13.0 Å². The second kappa shape index (κ2) is 8.35. The fraction of sp³-hybridized carbons (Fsp3) is 0.500. The molecular weight excluding hydrogens is 332 g/mol. The highest BCUT2D eigenvalue weighted by atomic mass is 16.6.